The number of furan rings is 1. The van der Waals surface area contributed by atoms with Gasteiger partial charge in [0, 0.05) is 0 Å². The largest absolute Gasteiger partial charge is 0.468 e. The van der Waals surface area contributed by atoms with E-state index in [1.807, 2.05) is 19.9 Å². The average Bonchev–Trinajstić information content (AvgIpc) is 2.75. The molecule has 0 atom stereocenters. The molecule has 0 fully saturated rings. The average molecular weight is 267 g/mol. The number of rotatable bonds is 5. The lowest BCUT2D eigenvalue weighted by molar-refractivity contribution is 0.308. The minimum Gasteiger partial charge on any atom is -0.468 e. The molecule has 0 radical (unpaired) electrons. The fourth-order valence-corrected chi connectivity index (χ4v) is 1.99. The molecule has 18 heavy (non-hydrogen) atoms. The first-order chi connectivity index (χ1) is 8.72. The van der Waals surface area contributed by atoms with Crippen molar-refractivity contribution in [1.82, 2.24) is 15.0 Å². The zero-order valence-corrected chi connectivity index (χ0v) is 10.8. The molecular formula is C10H13N5O2S. The third kappa shape index (κ3) is 2.90. The van der Waals surface area contributed by atoms with Gasteiger partial charge < -0.3 is 9.15 Å². The first kappa shape index (κ1) is 12.7. The van der Waals surface area contributed by atoms with Gasteiger partial charge in [0.05, 0.1) is 17.8 Å². The predicted molar refractivity (Wildman–Crippen MR) is 66.4 cm³/mol. The van der Waals surface area contributed by atoms with Crippen molar-refractivity contribution in [2.24, 2.45) is 5.84 Å². The first-order valence-corrected chi connectivity index (χ1v) is 6.12. The molecule has 0 spiro atoms. The van der Waals surface area contributed by atoms with E-state index in [-0.39, 0.29) is 12.0 Å². The van der Waals surface area contributed by atoms with Gasteiger partial charge >= 0.3 is 6.01 Å². The lowest BCUT2D eigenvalue weighted by Crippen LogP contribution is -2.12. The van der Waals surface area contributed by atoms with E-state index >= 15 is 0 Å². The second kappa shape index (κ2) is 5.69. The zero-order valence-electron chi connectivity index (χ0n) is 10.0. The van der Waals surface area contributed by atoms with Crippen LogP contribution in [0.15, 0.2) is 26.8 Å². The lowest BCUT2D eigenvalue weighted by atomic mass is 10.5. The van der Waals surface area contributed by atoms with E-state index in [2.05, 4.69) is 20.4 Å². The van der Waals surface area contributed by atoms with Gasteiger partial charge in [0.25, 0.3) is 0 Å². The van der Waals surface area contributed by atoms with Crippen LogP contribution < -0.4 is 16.0 Å². The van der Waals surface area contributed by atoms with Gasteiger partial charge in [-0.3, -0.25) is 5.43 Å². The van der Waals surface area contributed by atoms with Crippen molar-refractivity contribution in [3.8, 4) is 6.01 Å². The highest BCUT2D eigenvalue weighted by Crippen LogP contribution is 2.29. The third-order valence-electron chi connectivity index (χ3n) is 2.01. The summed E-state index contributed by atoms with van der Waals surface area (Å²) >= 11 is 1.36. The van der Waals surface area contributed by atoms with Crippen LogP contribution >= 0.6 is 11.8 Å². The molecule has 0 unspecified atom stereocenters. The highest BCUT2D eigenvalue weighted by atomic mass is 32.2. The molecule has 8 heteroatoms. The van der Waals surface area contributed by atoms with E-state index in [1.165, 1.54) is 11.8 Å². The first-order valence-electron chi connectivity index (χ1n) is 5.30. The van der Waals surface area contributed by atoms with Gasteiger partial charge in [-0.15, -0.1) is 0 Å². The predicted octanol–water partition coefficient (Wildman–Crippen LogP) is 1.61. The summed E-state index contributed by atoms with van der Waals surface area (Å²) in [6.07, 6.45) is 1.62. The summed E-state index contributed by atoms with van der Waals surface area (Å²) in [7, 11) is 0. The van der Waals surface area contributed by atoms with E-state index in [0.29, 0.717) is 11.8 Å². The Morgan fingerprint density at radius 2 is 2.28 bits per heavy atom. The number of nitrogens with one attached hydrogen (secondary N) is 1. The Balaban J connectivity index is 2.26. The number of nitrogens with two attached hydrogens (primary N) is 1. The molecule has 96 valence electrons. The molecule has 7 nitrogen and oxygen atoms in total. The van der Waals surface area contributed by atoms with E-state index in [0.717, 1.165) is 10.7 Å². The molecular weight excluding hydrogens is 254 g/mol. The van der Waals surface area contributed by atoms with Crippen molar-refractivity contribution in [3.05, 3.63) is 18.1 Å². The van der Waals surface area contributed by atoms with Crippen molar-refractivity contribution in [3.63, 3.8) is 0 Å². The standard InChI is InChI=1S/C10H13N5O2S/c1-3-16-9-12-8(15-11)13-10(14-9)18-7-4-5-17-6(7)2/h4-5H,3,11H2,1-2H3,(H,12,13,14,15). The number of aromatic nitrogens is 3. The highest BCUT2D eigenvalue weighted by Gasteiger charge is 2.10. The van der Waals surface area contributed by atoms with Crippen LogP contribution in [0.25, 0.3) is 0 Å². The van der Waals surface area contributed by atoms with E-state index < -0.39 is 0 Å². The molecule has 3 N–H and O–H groups in total. The fourth-order valence-electron chi connectivity index (χ4n) is 1.22. The molecule has 0 aliphatic carbocycles. The molecule has 2 aromatic heterocycles. The highest BCUT2D eigenvalue weighted by molar-refractivity contribution is 7.99. The molecule has 0 aliphatic heterocycles. The number of ether oxygens (including phenoxy) is 1. The Bertz CT molecular complexity index is 531. The number of anilines is 1. The van der Waals surface area contributed by atoms with Crippen LogP contribution in [0, 0.1) is 6.92 Å². The number of nitrogen functional groups attached to an aromatic ring is 1. The summed E-state index contributed by atoms with van der Waals surface area (Å²) in [5, 5.41) is 0.492. The smallest absolute Gasteiger partial charge is 0.322 e. The Hall–Kier alpha value is -1.80. The van der Waals surface area contributed by atoms with Crippen LogP contribution in [-0.4, -0.2) is 21.6 Å². The van der Waals surface area contributed by atoms with Gasteiger partial charge in [-0.05, 0) is 31.7 Å². The minimum absolute atomic E-state index is 0.240. The van der Waals surface area contributed by atoms with Gasteiger partial charge in [-0.2, -0.15) is 15.0 Å². The van der Waals surface area contributed by atoms with E-state index in [9.17, 15) is 0 Å². The maximum absolute atomic E-state index is 5.30. The van der Waals surface area contributed by atoms with Crippen LogP contribution in [0.1, 0.15) is 12.7 Å². The Labute approximate surface area is 108 Å². The maximum Gasteiger partial charge on any atom is 0.322 e. The number of hydrazine groups is 1. The molecule has 2 aromatic rings. The third-order valence-corrected chi connectivity index (χ3v) is 3.02. The number of hydrogen-bond acceptors (Lipinski definition) is 8. The van der Waals surface area contributed by atoms with E-state index in [1.54, 1.807) is 6.26 Å². The second-order valence-electron chi connectivity index (χ2n) is 3.24. The second-order valence-corrected chi connectivity index (χ2v) is 4.25. The number of hydrogen-bond donors (Lipinski definition) is 2. The Kier molecular flexibility index (Phi) is 4.00. The fraction of sp³-hybridized carbons (Fsp3) is 0.300. The minimum atomic E-state index is 0.240. The van der Waals surface area contributed by atoms with Crippen LogP contribution in [-0.2, 0) is 0 Å². The number of aryl methyl sites for hydroxylation is 1. The Morgan fingerprint density at radius 1 is 1.44 bits per heavy atom. The summed E-state index contributed by atoms with van der Waals surface area (Å²) in [4.78, 5) is 13.2. The molecule has 2 rings (SSSR count). The summed E-state index contributed by atoms with van der Waals surface area (Å²) in [5.41, 5.74) is 2.38. The lowest BCUT2D eigenvalue weighted by Gasteiger charge is -2.05. The molecule has 0 aliphatic rings. The van der Waals surface area contributed by atoms with Gasteiger partial charge in [0.15, 0.2) is 0 Å². The molecule has 0 saturated carbocycles. The van der Waals surface area contributed by atoms with Crippen LogP contribution in [0.3, 0.4) is 0 Å². The van der Waals surface area contributed by atoms with Gasteiger partial charge in [-0.1, -0.05) is 0 Å². The summed E-state index contributed by atoms with van der Waals surface area (Å²) in [5.74, 6) is 6.37. The summed E-state index contributed by atoms with van der Waals surface area (Å²) in [6, 6.07) is 2.09. The molecule has 0 aromatic carbocycles. The maximum atomic E-state index is 5.30. The van der Waals surface area contributed by atoms with Crippen molar-refractivity contribution in [2.45, 2.75) is 23.9 Å². The van der Waals surface area contributed by atoms with Crippen molar-refractivity contribution >= 4 is 17.7 Å². The number of nitrogens with zero attached hydrogens (tertiary/aromatic N) is 3. The Morgan fingerprint density at radius 3 is 2.89 bits per heavy atom. The molecule has 0 bridgehead atoms. The topological polar surface area (TPSA) is 99.1 Å². The van der Waals surface area contributed by atoms with Crippen LogP contribution in [0.5, 0.6) is 6.01 Å². The molecule has 2 heterocycles. The van der Waals surface area contributed by atoms with Crippen LogP contribution in [0.2, 0.25) is 0 Å². The monoisotopic (exact) mass is 267 g/mol. The van der Waals surface area contributed by atoms with Crippen molar-refractivity contribution in [1.29, 1.82) is 0 Å². The van der Waals surface area contributed by atoms with Gasteiger partial charge in [0.1, 0.15) is 5.76 Å². The van der Waals surface area contributed by atoms with Gasteiger partial charge in [-0.25, -0.2) is 5.84 Å². The SMILES string of the molecule is CCOc1nc(NN)nc(Sc2ccoc2C)n1. The van der Waals surface area contributed by atoms with E-state index in [4.69, 9.17) is 15.0 Å². The molecule has 0 saturated heterocycles. The van der Waals surface area contributed by atoms with Crippen molar-refractivity contribution < 1.29 is 9.15 Å². The normalized spacial score (nSPS) is 10.4. The van der Waals surface area contributed by atoms with Crippen molar-refractivity contribution in [2.75, 3.05) is 12.0 Å². The zero-order chi connectivity index (χ0) is 13.0. The quantitative estimate of drug-likeness (QED) is 0.622. The van der Waals surface area contributed by atoms with Gasteiger partial charge in [0.2, 0.25) is 11.1 Å². The molecule has 0 amide bonds. The summed E-state index contributed by atoms with van der Waals surface area (Å²) in [6.45, 7) is 4.20. The summed E-state index contributed by atoms with van der Waals surface area (Å²) < 4.78 is 10.5. The van der Waals surface area contributed by atoms with Crippen LogP contribution in [0.4, 0.5) is 5.95 Å².